The molecule has 3 heteroatoms. The number of aromatic nitrogens is 1. The predicted molar refractivity (Wildman–Crippen MR) is 99.5 cm³/mol. The second kappa shape index (κ2) is 6.60. The highest BCUT2D eigenvalue weighted by molar-refractivity contribution is 5.90. The Kier molecular flexibility index (Phi) is 4.14. The summed E-state index contributed by atoms with van der Waals surface area (Å²) in [5.41, 5.74) is 5.44. The second-order valence-corrected chi connectivity index (χ2v) is 6.61. The molecule has 0 fully saturated rings. The lowest BCUT2D eigenvalue weighted by atomic mass is 9.97. The van der Waals surface area contributed by atoms with Gasteiger partial charge in [0.15, 0.2) is 0 Å². The Bertz CT molecular complexity index is 884. The van der Waals surface area contributed by atoms with Crippen molar-refractivity contribution in [1.29, 1.82) is 0 Å². The number of rotatable bonds is 3. The zero-order chi connectivity index (χ0) is 17.2. The summed E-state index contributed by atoms with van der Waals surface area (Å²) < 4.78 is 2.33. The molecule has 1 unspecified atom stereocenters. The lowest BCUT2D eigenvalue weighted by Gasteiger charge is -2.22. The second-order valence-electron chi connectivity index (χ2n) is 6.61. The highest BCUT2D eigenvalue weighted by Crippen LogP contribution is 2.35. The summed E-state index contributed by atoms with van der Waals surface area (Å²) in [6, 6.07) is 12.6. The topological polar surface area (TPSA) is 42.2 Å². The molecule has 1 heterocycles. The van der Waals surface area contributed by atoms with Gasteiger partial charge < -0.3 is 9.67 Å². The maximum Gasteiger partial charge on any atom is 0.335 e. The van der Waals surface area contributed by atoms with Gasteiger partial charge in [0, 0.05) is 11.4 Å². The third-order valence-corrected chi connectivity index (χ3v) is 5.00. The van der Waals surface area contributed by atoms with E-state index in [1.165, 1.54) is 35.4 Å². The molecule has 0 saturated carbocycles. The van der Waals surface area contributed by atoms with Crippen molar-refractivity contribution in [2.24, 2.45) is 0 Å². The van der Waals surface area contributed by atoms with Crippen molar-refractivity contribution < 1.29 is 9.90 Å². The summed E-state index contributed by atoms with van der Waals surface area (Å²) in [6.45, 7) is 0. The van der Waals surface area contributed by atoms with E-state index in [-0.39, 0.29) is 6.04 Å². The number of aliphatic carboxylic acids is 1. The van der Waals surface area contributed by atoms with Gasteiger partial charge in [-0.1, -0.05) is 48.6 Å². The monoisotopic (exact) mass is 331 g/mol. The van der Waals surface area contributed by atoms with Crippen molar-refractivity contribution in [2.75, 3.05) is 0 Å². The summed E-state index contributed by atoms with van der Waals surface area (Å²) in [6.07, 6.45) is 13.9. The molecule has 3 nitrogen and oxygen atoms in total. The Morgan fingerprint density at radius 2 is 1.88 bits per heavy atom. The average Bonchev–Trinajstić information content (AvgIpc) is 2.85. The number of fused-ring (bicyclic) bond motifs is 1. The van der Waals surface area contributed by atoms with Crippen LogP contribution in [-0.4, -0.2) is 15.6 Å². The molecule has 0 aliphatic heterocycles. The van der Waals surface area contributed by atoms with Gasteiger partial charge >= 0.3 is 5.97 Å². The van der Waals surface area contributed by atoms with Crippen LogP contribution in [-0.2, 0) is 17.6 Å². The Morgan fingerprint density at radius 1 is 1.08 bits per heavy atom. The molecule has 0 bridgehead atoms. The van der Waals surface area contributed by atoms with Crippen LogP contribution in [0.2, 0.25) is 0 Å². The van der Waals surface area contributed by atoms with Gasteiger partial charge in [-0.3, -0.25) is 0 Å². The van der Waals surface area contributed by atoms with Gasteiger partial charge in [-0.15, -0.1) is 0 Å². The fourth-order valence-electron chi connectivity index (χ4n) is 3.83. The van der Waals surface area contributed by atoms with E-state index in [1.807, 2.05) is 18.2 Å². The number of carboxylic acids is 1. The first-order chi connectivity index (χ1) is 12.2. The third-order valence-electron chi connectivity index (χ3n) is 5.00. The van der Waals surface area contributed by atoms with Crippen molar-refractivity contribution in [2.45, 2.75) is 31.7 Å². The van der Waals surface area contributed by atoms with Crippen LogP contribution in [0, 0.1) is 0 Å². The van der Waals surface area contributed by atoms with Crippen molar-refractivity contribution in [1.82, 2.24) is 4.57 Å². The molecule has 1 aromatic heterocycles. The fourth-order valence-corrected chi connectivity index (χ4v) is 3.83. The van der Waals surface area contributed by atoms with E-state index >= 15 is 0 Å². The first-order valence-electron chi connectivity index (χ1n) is 8.82. The summed E-state index contributed by atoms with van der Waals surface area (Å²) in [5.74, 6) is -0.882. The van der Waals surface area contributed by atoms with Gasteiger partial charge in [-0.05, 0) is 55.0 Å². The predicted octanol–water partition coefficient (Wildman–Crippen LogP) is 4.71. The van der Waals surface area contributed by atoms with Crippen LogP contribution in [0.1, 0.15) is 30.1 Å². The molecule has 0 radical (unpaired) electrons. The van der Waals surface area contributed by atoms with Gasteiger partial charge in [-0.25, -0.2) is 4.79 Å². The van der Waals surface area contributed by atoms with E-state index in [4.69, 9.17) is 0 Å². The highest BCUT2D eigenvalue weighted by atomic mass is 16.4. The maximum atomic E-state index is 11.5. The molecular weight excluding hydrogens is 310 g/mol. The minimum Gasteiger partial charge on any atom is -0.478 e. The van der Waals surface area contributed by atoms with E-state index in [2.05, 4.69) is 41.0 Å². The largest absolute Gasteiger partial charge is 0.478 e. The molecule has 2 aromatic rings. The molecule has 0 amide bonds. The maximum absolute atomic E-state index is 11.5. The van der Waals surface area contributed by atoms with Crippen molar-refractivity contribution >= 4 is 5.97 Å². The Labute approximate surface area is 147 Å². The van der Waals surface area contributed by atoms with Crippen LogP contribution < -0.4 is 0 Å². The van der Waals surface area contributed by atoms with Crippen LogP contribution in [0.4, 0.5) is 0 Å². The van der Waals surface area contributed by atoms with Crippen molar-refractivity contribution in [3.63, 3.8) is 0 Å². The van der Waals surface area contributed by atoms with Gasteiger partial charge in [0.05, 0.1) is 11.6 Å². The molecule has 2 aliphatic carbocycles. The smallest absolute Gasteiger partial charge is 0.335 e. The minimum absolute atomic E-state index is 0.0850. The molecule has 1 atom stereocenters. The first-order valence-corrected chi connectivity index (χ1v) is 8.82. The molecule has 1 N–H and O–H groups in total. The molecule has 1 aromatic carbocycles. The van der Waals surface area contributed by atoms with Crippen LogP contribution >= 0.6 is 0 Å². The normalized spacial score (nSPS) is 19.2. The van der Waals surface area contributed by atoms with E-state index in [0.717, 1.165) is 12.8 Å². The van der Waals surface area contributed by atoms with Crippen LogP contribution in [0.15, 0.2) is 72.4 Å². The number of nitrogens with zero attached hydrogens (tertiary/aromatic N) is 1. The van der Waals surface area contributed by atoms with E-state index in [0.29, 0.717) is 5.57 Å². The Morgan fingerprint density at radius 3 is 2.68 bits per heavy atom. The van der Waals surface area contributed by atoms with Crippen molar-refractivity contribution in [3.05, 3.63) is 83.6 Å². The van der Waals surface area contributed by atoms with E-state index in [1.54, 1.807) is 12.2 Å². The molecule has 0 spiro atoms. The molecule has 126 valence electrons. The van der Waals surface area contributed by atoms with Crippen LogP contribution in [0.3, 0.4) is 0 Å². The number of hydrogen-bond donors (Lipinski definition) is 1. The number of allylic oxidation sites excluding steroid dienone is 4. The van der Waals surface area contributed by atoms with Crippen molar-refractivity contribution in [3.8, 4) is 11.3 Å². The zero-order valence-electron chi connectivity index (χ0n) is 14.1. The zero-order valence-corrected chi connectivity index (χ0v) is 14.1. The molecular formula is C22H21NO2. The van der Waals surface area contributed by atoms with Crippen LogP contribution in [0.25, 0.3) is 11.3 Å². The summed E-state index contributed by atoms with van der Waals surface area (Å²) in [5, 5.41) is 9.45. The summed E-state index contributed by atoms with van der Waals surface area (Å²) in [7, 11) is 0. The van der Waals surface area contributed by atoms with Gasteiger partial charge in [0.25, 0.3) is 0 Å². The van der Waals surface area contributed by atoms with Gasteiger partial charge in [0.2, 0.25) is 0 Å². The lowest BCUT2D eigenvalue weighted by molar-refractivity contribution is -0.132. The van der Waals surface area contributed by atoms with Gasteiger partial charge in [0.1, 0.15) is 0 Å². The Hall–Kier alpha value is -2.81. The summed E-state index contributed by atoms with van der Waals surface area (Å²) in [4.78, 5) is 11.5. The molecule has 0 saturated heterocycles. The summed E-state index contributed by atoms with van der Waals surface area (Å²) >= 11 is 0. The fraction of sp³-hybridized carbons (Fsp3) is 0.227. The van der Waals surface area contributed by atoms with E-state index in [9.17, 15) is 9.90 Å². The number of carboxylic acid groups (broad SMARTS) is 1. The first kappa shape index (κ1) is 15.7. The average molecular weight is 331 g/mol. The molecule has 25 heavy (non-hydrogen) atoms. The Balaban J connectivity index is 1.90. The minimum atomic E-state index is -0.882. The van der Waals surface area contributed by atoms with E-state index < -0.39 is 5.97 Å². The molecule has 4 rings (SSSR count). The van der Waals surface area contributed by atoms with Gasteiger partial charge in [-0.2, -0.15) is 0 Å². The number of aryl methyl sites for hydroxylation is 1. The third kappa shape index (κ3) is 2.98. The number of hydrogen-bond acceptors (Lipinski definition) is 1. The SMILES string of the molecule is O=C(O)C1=CC(n2c(-c3ccccc3)cc3c2CCCC3)C=CC=C1. The molecule has 2 aliphatic rings. The highest BCUT2D eigenvalue weighted by Gasteiger charge is 2.23. The number of carbonyl (C=O) groups is 1. The number of benzene rings is 1. The standard InChI is InChI=1S/C22H21NO2/c24-22(25)18-11-4-6-12-19(14-18)23-20-13-7-5-10-17(20)15-21(23)16-8-2-1-3-9-16/h1-4,6,8-9,11-12,14-15,19H,5,7,10,13H2,(H,24,25). The quantitative estimate of drug-likeness (QED) is 0.885. The lowest BCUT2D eigenvalue weighted by Crippen LogP contribution is -2.14. The van der Waals surface area contributed by atoms with Crippen LogP contribution in [0.5, 0.6) is 0 Å².